The molecule has 11 heteroatoms. The van der Waals surface area contributed by atoms with Crippen LogP contribution in [0.15, 0.2) is 54.6 Å². The van der Waals surface area contributed by atoms with Crippen molar-refractivity contribution in [2.24, 2.45) is 5.92 Å². The lowest BCUT2D eigenvalue weighted by atomic mass is 10.1. The van der Waals surface area contributed by atoms with E-state index in [1.165, 1.54) is 36.4 Å². The lowest BCUT2D eigenvalue weighted by Crippen LogP contribution is -2.20. The summed E-state index contributed by atoms with van der Waals surface area (Å²) in [5.74, 6) is -2.84. The topological polar surface area (TPSA) is 71.1 Å². The van der Waals surface area contributed by atoms with Crippen LogP contribution in [0.1, 0.15) is 22.0 Å². The van der Waals surface area contributed by atoms with Gasteiger partial charge in [-0.15, -0.1) is 23.2 Å². The van der Waals surface area contributed by atoms with Gasteiger partial charge in [-0.05, 0) is 60.2 Å². The van der Waals surface area contributed by atoms with Gasteiger partial charge in [0.2, 0.25) is 5.91 Å². The van der Waals surface area contributed by atoms with E-state index in [1.807, 2.05) is 0 Å². The molecular weight excluding hydrogens is 535 g/mol. The van der Waals surface area contributed by atoms with Crippen molar-refractivity contribution in [3.8, 4) is 0 Å². The van der Waals surface area contributed by atoms with Crippen LogP contribution in [0, 0.1) is 11.7 Å². The Morgan fingerprint density at radius 1 is 0.909 bits per heavy atom. The third-order valence-corrected chi connectivity index (χ3v) is 6.68. The van der Waals surface area contributed by atoms with Crippen molar-refractivity contribution in [1.29, 1.82) is 0 Å². The molecule has 2 N–H and O–H groups in total. The number of carbonyl (C=O) groups excluding carboxylic acids is 2. The maximum atomic E-state index is 13.1. The first-order valence-corrected chi connectivity index (χ1v) is 11.3. The molecule has 3 aromatic rings. The molecule has 1 heterocycles. The minimum atomic E-state index is -1.37. The summed E-state index contributed by atoms with van der Waals surface area (Å²) >= 11 is 30.9. The highest BCUT2D eigenvalue weighted by Crippen LogP contribution is 2.65. The van der Waals surface area contributed by atoms with E-state index in [2.05, 4.69) is 15.6 Å². The zero-order chi connectivity index (χ0) is 23.9. The van der Waals surface area contributed by atoms with Gasteiger partial charge < -0.3 is 10.6 Å². The van der Waals surface area contributed by atoms with Crippen LogP contribution < -0.4 is 10.6 Å². The Balaban J connectivity index is 1.50. The van der Waals surface area contributed by atoms with Gasteiger partial charge in [-0.2, -0.15) is 0 Å². The molecule has 5 nitrogen and oxygen atoms in total. The van der Waals surface area contributed by atoms with Gasteiger partial charge >= 0.3 is 0 Å². The number of aromatic nitrogens is 1. The number of benzene rings is 2. The fourth-order valence-electron chi connectivity index (χ4n) is 3.42. The summed E-state index contributed by atoms with van der Waals surface area (Å²) in [6, 6.07) is 12.9. The van der Waals surface area contributed by atoms with E-state index >= 15 is 0 Å². The molecule has 0 saturated heterocycles. The fraction of sp³-hybridized carbons (Fsp3) is 0.136. The second kappa shape index (κ2) is 9.28. The van der Waals surface area contributed by atoms with Crippen molar-refractivity contribution in [3.63, 3.8) is 0 Å². The summed E-state index contributed by atoms with van der Waals surface area (Å²) in [6.45, 7) is 0. The number of hydrogen-bond acceptors (Lipinski definition) is 3. The van der Waals surface area contributed by atoms with Gasteiger partial charge in [0.15, 0.2) is 0 Å². The first-order chi connectivity index (χ1) is 15.6. The molecule has 4 rings (SSSR count). The molecular formula is C22H13Cl5FN3O2. The van der Waals surface area contributed by atoms with Crippen molar-refractivity contribution < 1.29 is 14.0 Å². The van der Waals surface area contributed by atoms with Crippen molar-refractivity contribution in [3.05, 3.63) is 86.7 Å². The maximum absolute atomic E-state index is 13.1. The molecule has 0 radical (unpaired) electrons. The number of alkyl halides is 2. The first-order valence-electron chi connectivity index (χ1n) is 9.44. The summed E-state index contributed by atoms with van der Waals surface area (Å²) in [6.07, 6.45) is 0. The number of amides is 2. The third-order valence-electron chi connectivity index (χ3n) is 4.99. The second-order valence-electron chi connectivity index (χ2n) is 7.31. The summed E-state index contributed by atoms with van der Waals surface area (Å²) in [4.78, 5) is 29.6. The van der Waals surface area contributed by atoms with E-state index in [0.29, 0.717) is 21.3 Å². The standard InChI is InChI=1S/C22H13Cl5FN3O2/c23-11-7-10(8-12(24)9-11)17-18(22(17,26)27)20(32)31-16-6-5-15(25)19(30-16)21(33)29-14-3-1-13(28)2-4-14/h1-9,17-18H,(H,29,33)(H,30,31,32)/t17-,18+/m1/s1. The van der Waals surface area contributed by atoms with E-state index in [-0.39, 0.29) is 16.5 Å². The Hall–Kier alpha value is -2.09. The number of hydrogen-bond donors (Lipinski definition) is 2. The van der Waals surface area contributed by atoms with Crippen LogP contribution in [-0.2, 0) is 4.79 Å². The Labute approximate surface area is 213 Å². The maximum Gasteiger partial charge on any atom is 0.275 e. The largest absolute Gasteiger partial charge is 0.321 e. The monoisotopic (exact) mass is 545 g/mol. The fourth-order valence-corrected chi connectivity index (χ4v) is 4.98. The number of nitrogens with one attached hydrogen (secondary N) is 2. The van der Waals surface area contributed by atoms with E-state index in [0.717, 1.165) is 0 Å². The normalized spacial score (nSPS) is 18.5. The molecule has 1 aromatic heterocycles. The molecule has 1 aliphatic rings. The van der Waals surface area contributed by atoms with Crippen molar-refractivity contribution >= 4 is 81.3 Å². The zero-order valence-electron chi connectivity index (χ0n) is 16.4. The number of nitrogens with zero attached hydrogens (tertiary/aromatic N) is 1. The minimum absolute atomic E-state index is 0.0644. The molecule has 0 spiro atoms. The minimum Gasteiger partial charge on any atom is -0.321 e. The molecule has 2 aromatic carbocycles. The lowest BCUT2D eigenvalue weighted by Gasteiger charge is -2.09. The van der Waals surface area contributed by atoms with E-state index in [9.17, 15) is 14.0 Å². The molecule has 0 unspecified atom stereocenters. The summed E-state index contributed by atoms with van der Waals surface area (Å²) in [5.41, 5.74) is 0.848. The number of anilines is 2. The average molecular weight is 548 g/mol. The zero-order valence-corrected chi connectivity index (χ0v) is 20.2. The molecule has 170 valence electrons. The third kappa shape index (κ3) is 5.20. The molecule has 33 heavy (non-hydrogen) atoms. The molecule has 1 aliphatic carbocycles. The molecule has 1 saturated carbocycles. The second-order valence-corrected chi connectivity index (χ2v) is 10.0. The van der Waals surface area contributed by atoms with Gasteiger partial charge in [0.25, 0.3) is 5.91 Å². The Kier molecular flexibility index (Phi) is 6.76. The number of pyridine rings is 1. The molecule has 1 fully saturated rings. The molecule has 0 bridgehead atoms. The van der Waals surface area contributed by atoms with Crippen molar-refractivity contribution in [2.75, 3.05) is 10.6 Å². The smallest absolute Gasteiger partial charge is 0.275 e. The van der Waals surface area contributed by atoms with Crippen molar-refractivity contribution in [1.82, 2.24) is 4.98 Å². The van der Waals surface area contributed by atoms with Crippen LogP contribution in [0.4, 0.5) is 15.9 Å². The number of carbonyl (C=O) groups is 2. The SMILES string of the molecule is O=C(Nc1ccc(F)cc1)c1nc(NC(=O)[C@@H]2[C@@H](c3cc(Cl)cc(Cl)c3)C2(Cl)Cl)ccc1Cl. The van der Waals surface area contributed by atoms with Gasteiger partial charge in [-0.25, -0.2) is 9.37 Å². The van der Waals surface area contributed by atoms with Gasteiger partial charge in [0, 0.05) is 21.7 Å². The van der Waals surface area contributed by atoms with Crippen molar-refractivity contribution in [2.45, 2.75) is 10.3 Å². The molecule has 0 aliphatic heterocycles. The first kappa shape index (κ1) is 24.0. The van der Waals surface area contributed by atoms with Crippen LogP contribution in [-0.4, -0.2) is 21.1 Å². The number of rotatable bonds is 5. The highest BCUT2D eigenvalue weighted by Gasteiger charge is 2.67. The predicted molar refractivity (Wildman–Crippen MR) is 129 cm³/mol. The Bertz CT molecular complexity index is 1230. The number of halogens is 6. The summed E-state index contributed by atoms with van der Waals surface area (Å²) in [7, 11) is 0. The lowest BCUT2D eigenvalue weighted by molar-refractivity contribution is -0.117. The average Bonchev–Trinajstić information content (AvgIpc) is 3.32. The van der Waals surface area contributed by atoms with Gasteiger partial charge in [0.1, 0.15) is 21.7 Å². The van der Waals surface area contributed by atoms with Gasteiger partial charge in [-0.1, -0.05) is 34.8 Å². The van der Waals surface area contributed by atoms with Gasteiger partial charge in [-0.3, -0.25) is 9.59 Å². The predicted octanol–water partition coefficient (Wildman–Crippen LogP) is 6.96. The summed E-state index contributed by atoms with van der Waals surface area (Å²) < 4.78 is 11.7. The van der Waals surface area contributed by atoms with Crippen LogP contribution >= 0.6 is 58.0 Å². The van der Waals surface area contributed by atoms with Gasteiger partial charge in [0.05, 0.1) is 10.9 Å². The van der Waals surface area contributed by atoms with E-state index < -0.39 is 33.8 Å². The van der Waals surface area contributed by atoms with Crippen LogP contribution in [0.25, 0.3) is 0 Å². The quantitative estimate of drug-likeness (QED) is 0.339. The summed E-state index contributed by atoms with van der Waals surface area (Å²) in [5, 5.41) is 6.02. The highest BCUT2D eigenvalue weighted by molar-refractivity contribution is 6.53. The van der Waals surface area contributed by atoms with E-state index in [1.54, 1.807) is 18.2 Å². The highest BCUT2D eigenvalue weighted by atomic mass is 35.5. The Morgan fingerprint density at radius 2 is 1.55 bits per heavy atom. The van der Waals surface area contributed by atoms with Crippen LogP contribution in [0.5, 0.6) is 0 Å². The van der Waals surface area contributed by atoms with Crippen LogP contribution in [0.2, 0.25) is 15.1 Å². The van der Waals surface area contributed by atoms with E-state index in [4.69, 9.17) is 58.0 Å². The molecule has 2 atom stereocenters. The Morgan fingerprint density at radius 3 is 2.18 bits per heavy atom. The molecule has 2 amide bonds. The van der Waals surface area contributed by atoms with Crippen LogP contribution in [0.3, 0.4) is 0 Å².